The standard InChI is InChI=1S/C40H35NP2/c1-6-18-32(19-7-1)30-34-31-33-20-16-17-29-39(33)40(34)41(42(35-21-8-2-9-22-35)36-23-10-3-11-24-36)43(37-25-12-4-13-26-37)38-27-14-5-15-28-38/h1-29,34,40H,30-31H2. The molecule has 6 aromatic rings. The first-order chi connectivity index (χ1) is 21.4. The summed E-state index contributed by atoms with van der Waals surface area (Å²) in [6, 6.07) is 65.7. The predicted molar refractivity (Wildman–Crippen MR) is 187 cm³/mol. The van der Waals surface area contributed by atoms with Gasteiger partial charge in [-0.25, -0.2) is 4.44 Å². The molecule has 0 radical (unpaired) electrons. The van der Waals surface area contributed by atoms with Gasteiger partial charge in [-0.2, -0.15) is 0 Å². The lowest BCUT2D eigenvalue weighted by Gasteiger charge is -2.45. The van der Waals surface area contributed by atoms with E-state index < -0.39 is 16.1 Å². The normalized spacial score (nSPS) is 16.1. The number of hydrogen-bond donors (Lipinski definition) is 0. The van der Waals surface area contributed by atoms with Gasteiger partial charge in [-0.05, 0) is 56.7 Å². The molecule has 0 fully saturated rings. The van der Waals surface area contributed by atoms with E-state index in [2.05, 4.69) is 180 Å². The van der Waals surface area contributed by atoms with Crippen molar-refractivity contribution in [3.63, 3.8) is 0 Å². The SMILES string of the molecule is c1ccc(CC2Cc3ccccc3C2N(P(c2ccccc2)c2ccccc2)P(c2ccccc2)c2ccccc2)cc1. The third-order valence-corrected chi connectivity index (χ3v) is 13.8. The van der Waals surface area contributed by atoms with Gasteiger partial charge in [-0.3, -0.25) is 0 Å². The molecule has 0 saturated carbocycles. The van der Waals surface area contributed by atoms with Crippen LogP contribution in [0.15, 0.2) is 176 Å². The zero-order chi connectivity index (χ0) is 28.8. The summed E-state index contributed by atoms with van der Waals surface area (Å²) >= 11 is 0. The highest BCUT2D eigenvalue weighted by atomic mass is 31.2. The largest absolute Gasteiger partial charge is 0.237 e. The molecular formula is C40H35NP2. The first-order valence-corrected chi connectivity index (χ1v) is 17.7. The minimum atomic E-state index is -0.875. The van der Waals surface area contributed by atoms with Crippen molar-refractivity contribution < 1.29 is 0 Å². The zero-order valence-corrected chi connectivity index (χ0v) is 25.9. The third-order valence-electron chi connectivity index (χ3n) is 8.30. The van der Waals surface area contributed by atoms with Gasteiger partial charge in [0.05, 0.1) is 0 Å². The van der Waals surface area contributed by atoms with Crippen molar-refractivity contribution in [3.05, 3.63) is 193 Å². The van der Waals surface area contributed by atoms with Crippen LogP contribution in [-0.4, -0.2) is 4.44 Å². The second kappa shape index (κ2) is 13.2. The monoisotopic (exact) mass is 591 g/mol. The number of rotatable bonds is 9. The Morgan fingerprint density at radius 3 is 1.26 bits per heavy atom. The van der Waals surface area contributed by atoms with Crippen molar-refractivity contribution in [1.82, 2.24) is 4.44 Å². The van der Waals surface area contributed by atoms with Gasteiger partial charge < -0.3 is 0 Å². The summed E-state index contributed by atoms with van der Waals surface area (Å²) in [5.74, 6) is 0.453. The summed E-state index contributed by atoms with van der Waals surface area (Å²) < 4.78 is 2.99. The van der Waals surface area contributed by atoms with Crippen LogP contribution in [0.25, 0.3) is 0 Å². The molecule has 0 bridgehead atoms. The van der Waals surface area contributed by atoms with Crippen molar-refractivity contribution in [3.8, 4) is 0 Å². The van der Waals surface area contributed by atoms with E-state index >= 15 is 0 Å². The highest BCUT2D eigenvalue weighted by molar-refractivity contribution is 7.84. The highest BCUT2D eigenvalue weighted by Crippen LogP contribution is 2.63. The molecule has 2 atom stereocenters. The Hall–Kier alpha value is -3.86. The average Bonchev–Trinajstić information content (AvgIpc) is 3.44. The number of nitrogens with zero attached hydrogens (tertiary/aromatic N) is 1. The molecule has 6 aromatic carbocycles. The second-order valence-corrected chi connectivity index (χ2v) is 15.6. The molecule has 3 heteroatoms. The van der Waals surface area contributed by atoms with Crippen LogP contribution in [0.1, 0.15) is 22.7 Å². The summed E-state index contributed by atoms with van der Waals surface area (Å²) in [4.78, 5) is 0. The lowest BCUT2D eigenvalue weighted by molar-refractivity contribution is 0.366. The van der Waals surface area contributed by atoms with E-state index in [9.17, 15) is 0 Å². The van der Waals surface area contributed by atoms with E-state index in [4.69, 9.17) is 0 Å². The number of fused-ring (bicyclic) bond motifs is 1. The topological polar surface area (TPSA) is 3.24 Å². The maximum absolute atomic E-state index is 2.99. The van der Waals surface area contributed by atoms with Crippen LogP contribution in [0.5, 0.6) is 0 Å². The molecule has 0 aliphatic heterocycles. The Labute approximate surface area is 258 Å². The summed E-state index contributed by atoms with van der Waals surface area (Å²) in [6.45, 7) is 0. The van der Waals surface area contributed by atoms with E-state index in [0.29, 0.717) is 5.92 Å². The van der Waals surface area contributed by atoms with Crippen molar-refractivity contribution in [2.24, 2.45) is 5.92 Å². The molecule has 1 aliphatic rings. The van der Waals surface area contributed by atoms with Crippen LogP contribution in [0.4, 0.5) is 0 Å². The van der Waals surface area contributed by atoms with Gasteiger partial charge in [0, 0.05) is 22.2 Å². The molecule has 0 amide bonds. The Kier molecular flexibility index (Phi) is 8.58. The molecule has 2 unspecified atom stereocenters. The van der Waals surface area contributed by atoms with Crippen molar-refractivity contribution >= 4 is 37.4 Å². The third kappa shape index (κ3) is 6.00. The van der Waals surface area contributed by atoms with Gasteiger partial charge in [-0.1, -0.05) is 176 Å². The van der Waals surface area contributed by atoms with Gasteiger partial charge in [0.2, 0.25) is 0 Å². The fourth-order valence-corrected chi connectivity index (χ4v) is 12.9. The molecule has 0 N–H and O–H groups in total. The van der Waals surface area contributed by atoms with E-state index in [1.54, 1.807) is 0 Å². The summed E-state index contributed by atoms with van der Waals surface area (Å²) in [7, 11) is -1.75. The van der Waals surface area contributed by atoms with Crippen molar-refractivity contribution in [2.45, 2.75) is 18.9 Å². The highest BCUT2D eigenvalue weighted by Gasteiger charge is 2.44. The predicted octanol–water partition coefficient (Wildman–Crippen LogP) is 8.54. The Morgan fingerprint density at radius 1 is 0.442 bits per heavy atom. The first kappa shape index (κ1) is 27.9. The van der Waals surface area contributed by atoms with Gasteiger partial charge in [0.1, 0.15) is 0 Å². The summed E-state index contributed by atoms with van der Waals surface area (Å²) in [5, 5.41) is 5.58. The van der Waals surface area contributed by atoms with Crippen molar-refractivity contribution in [2.75, 3.05) is 0 Å². The van der Waals surface area contributed by atoms with E-state index in [1.807, 2.05) is 0 Å². The van der Waals surface area contributed by atoms with E-state index in [-0.39, 0.29) is 6.04 Å². The van der Waals surface area contributed by atoms with Crippen LogP contribution in [0.3, 0.4) is 0 Å². The molecule has 1 aliphatic carbocycles. The average molecular weight is 592 g/mol. The minimum absolute atomic E-state index is 0.259. The molecule has 0 heterocycles. The summed E-state index contributed by atoms with van der Waals surface area (Å²) in [6.07, 6.45) is 2.14. The minimum Gasteiger partial charge on any atom is -0.237 e. The Morgan fingerprint density at radius 2 is 0.814 bits per heavy atom. The maximum Gasteiger partial charge on any atom is 0.0473 e. The molecule has 43 heavy (non-hydrogen) atoms. The Balaban J connectivity index is 1.50. The molecule has 7 rings (SSSR count). The molecule has 0 aromatic heterocycles. The lowest BCUT2D eigenvalue weighted by atomic mass is 9.93. The van der Waals surface area contributed by atoms with Gasteiger partial charge >= 0.3 is 0 Å². The maximum atomic E-state index is 2.99. The molecule has 1 nitrogen and oxygen atoms in total. The quantitative estimate of drug-likeness (QED) is 0.152. The number of hydrogen-bond acceptors (Lipinski definition) is 1. The first-order valence-electron chi connectivity index (χ1n) is 15.1. The number of benzene rings is 6. The molecular weight excluding hydrogens is 556 g/mol. The Bertz CT molecular complexity index is 1570. The van der Waals surface area contributed by atoms with Crippen molar-refractivity contribution in [1.29, 1.82) is 0 Å². The second-order valence-electron chi connectivity index (χ2n) is 11.1. The van der Waals surface area contributed by atoms with Gasteiger partial charge in [0.25, 0.3) is 0 Å². The molecule has 210 valence electrons. The zero-order valence-electron chi connectivity index (χ0n) is 24.2. The van der Waals surface area contributed by atoms with Crippen LogP contribution < -0.4 is 21.2 Å². The fourth-order valence-electron chi connectivity index (χ4n) is 6.46. The fraction of sp³-hybridized carbons (Fsp3) is 0.100. The van der Waals surface area contributed by atoms with Crippen LogP contribution >= 0.6 is 16.1 Å². The van der Waals surface area contributed by atoms with E-state index in [1.165, 1.54) is 37.9 Å². The lowest BCUT2D eigenvalue weighted by Crippen LogP contribution is -2.36. The van der Waals surface area contributed by atoms with Crippen LogP contribution in [0, 0.1) is 5.92 Å². The van der Waals surface area contributed by atoms with Crippen LogP contribution in [0.2, 0.25) is 0 Å². The van der Waals surface area contributed by atoms with E-state index in [0.717, 1.165) is 12.8 Å². The molecule has 0 saturated heterocycles. The summed E-state index contributed by atoms with van der Waals surface area (Å²) in [5.41, 5.74) is 4.39. The molecule has 0 spiro atoms. The smallest absolute Gasteiger partial charge is 0.0473 e. The van der Waals surface area contributed by atoms with Gasteiger partial charge in [-0.15, -0.1) is 0 Å². The van der Waals surface area contributed by atoms with Crippen LogP contribution in [-0.2, 0) is 12.8 Å². The van der Waals surface area contributed by atoms with Gasteiger partial charge in [0.15, 0.2) is 0 Å².